The van der Waals surface area contributed by atoms with Crippen molar-refractivity contribution in [3.8, 4) is 0 Å². The normalized spacial score (nSPS) is 10.8. The first-order valence-corrected chi connectivity index (χ1v) is 5.91. The molecule has 2 heterocycles. The Morgan fingerprint density at radius 3 is 2.84 bits per heavy atom. The molecule has 100 valence electrons. The van der Waals surface area contributed by atoms with Crippen LogP contribution in [0.2, 0.25) is 0 Å². The standard InChI is InChI=1S/C13H14N2O4/c1-3-4-5-6-8-7-9(16)19-11-10(8)12(17)15(2)13(18)14-11/h3,7H,1,4-6H2,2H3,(H,14,18). The number of H-pyrrole nitrogens is 1. The molecule has 0 atom stereocenters. The van der Waals surface area contributed by atoms with Crippen LogP contribution in [0.25, 0.3) is 11.1 Å². The zero-order valence-corrected chi connectivity index (χ0v) is 10.6. The fraction of sp³-hybridized carbons (Fsp3) is 0.308. The van der Waals surface area contributed by atoms with Crippen molar-refractivity contribution in [1.82, 2.24) is 9.55 Å². The third-order valence-electron chi connectivity index (χ3n) is 2.94. The van der Waals surface area contributed by atoms with Gasteiger partial charge in [-0.05, 0) is 24.8 Å². The van der Waals surface area contributed by atoms with Gasteiger partial charge < -0.3 is 4.42 Å². The van der Waals surface area contributed by atoms with Crippen LogP contribution in [-0.4, -0.2) is 9.55 Å². The zero-order valence-electron chi connectivity index (χ0n) is 10.6. The van der Waals surface area contributed by atoms with Crippen LogP contribution in [-0.2, 0) is 13.5 Å². The third kappa shape index (κ3) is 2.42. The van der Waals surface area contributed by atoms with Crippen LogP contribution < -0.4 is 16.9 Å². The molecule has 0 fully saturated rings. The minimum atomic E-state index is -0.608. The second-order valence-electron chi connectivity index (χ2n) is 4.27. The van der Waals surface area contributed by atoms with Gasteiger partial charge in [0.2, 0.25) is 5.71 Å². The van der Waals surface area contributed by atoms with E-state index in [1.807, 2.05) is 0 Å². The number of aromatic nitrogens is 2. The van der Waals surface area contributed by atoms with Gasteiger partial charge in [0.05, 0.1) is 0 Å². The van der Waals surface area contributed by atoms with Crippen LogP contribution in [0.1, 0.15) is 18.4 Å². The number of nitrogens with one attached hydrogen (secondary N) is 1. The summed E-state index contributed by atoms with van der Waals surface area (Å²) >= 11 is 0. The second kappa shape index (κ2) is 5.09. The Kier molecular flexibility index (Phi) is 3.50. The average molecular weight is 262 g/mol. The van der Waals surface area contributed by atoms with Gasteiger partial charge >= 0.3 is 11.3 Å². The molecule has 1 N–H and O–H groups in total. The van der Waals surface area contributed by atoms with Crippen molar-refractivity contribution >= 4 is 11.1 Å². The molecule has 0 saturated heterocycles. The van der Waals surface area contributed by atoms with Crippen molar-refractivity contribution < 1.29 is 4.42 Å². The van der Waals surface area contributed by atoms with E-state index in [1.54, 1.807) is 6.08 Å². The summed E-state index contributed by atoms with van der Waals surface area (Å²) in [6, 6.07) is 1.30. The molecule has 6 heteroatoms. The highest BCUT2D eigenvalue weighted by Gasteiger charge is 2.12. The summed E-state index contributed by atoms with van der Waals surface area (Å²) in [5, 5.41) is 0.255. The lowest BCUT2D eigenvalue weighted by molar-refractivity contribution is 0.540. The fourth-order valence-corrected chi connectivity index (χ4v) is 1.94. The van der Waals surface area contributed by atoms with Crippen molar-refractivity contribution in [2.24, 2.45) is 7.05 Å². The molecule has 0 aliphatic rings. The predicted molar refractivity (Wildman–Crippen MR) is 71.5 cm³/mol. The van der Waals surface area contributed by atoms with E-state index in [0.29, 0.717) is 12.0 Å². The van der Waals surface area contributed by atoms with Gasteiger partial charge in [-0.15, -0.1) is 6.58 Å². The molecular formula is C13H14N2O4. The Balaban J connectivity index is 2.72. The van der Waals surface area contributed by atoms with Crippen LogP contribution >= 0.6 is 0 Å². The third-order valence-corrected chi connectivity index (χ3v) is 2.94. The second-order valence-corrected chi connectivity index (χ2v) is 4.27. The van der Waals surface area contributed by atoms with E-state index in [-0.39, 0.29) is 11.1 Å². The fourth-order valence-electron chi connectivity index (χ4n) is 1.94. The van der Waals surface area contributed by atoms with Gasteiger partial charge in [0.1, 0.15) is 5.39 Å². The Hall–Kier alpha value is -2.37. The molecule has 0 saturated carbocycles. The first-order chi connectivity index (χ1) is 9.04. The minimum Gasteiger partial charge on any atom is -0.405 e. The summed E-state index contributed by atoms with van der Waals surface area (Å²) < 4.78 is 5.84. The highest BCUT2D eigenvalue weighted by Crippen LogP contribution is 2.12. The van der Waals surface area contributed by atoms with Crippen LogP contribution in [0.5, 0.6) is 0 Å². The lowest BCUT2D eigenvalue weighted by Crippen LogP contribution is -2.33. The quantitative estimate of drug-likeness (QED) is 0.649. The Morgan fingerprint density at radius 2 is 2.16 bits per heavy atom. The van der Waals surface area contributed by atoms with Crippen molar-refractivity contribution in [2.45, 2.75) is 19.3 Å². The number of fused-ring (bicyclic) bond motifs is 1. The Morgan fingerprint density at radius 1 is 1.42 bits per heavy atom. The average Bonchev–Trinajstić information content (AvgIpc) is 2.35. The smallest absolute Gasteiger partial charge is 0.337 e. The molecule has 2 aromatic rings. The minimum absolute atomic E-state index is 0.0609. The van der Waals surface area contributed by atoms with E-state index in [2.05, 4.69) is 11.6 Å². The van der Waals surface area contributed by atoms with Gasteiger partial charge in [0.25, 0.3) is 5.56 Å². The summed E-state index contributed by atoms with van der Waals surface area (Å²) in [6.07, 6.45) is 3.87. The largest absolute Gasteiger partial charge is 0.405 e. The molecule has 0 amide bonds. The lowest BCUT2D eigenvalue weighted by atomic mass is 10.1. The van der Waals surface area contributed by atoms with Crippen LogP contribution in [0.4, 0.5) is 0 Å². The number of rotatable bonds is 4. The molecule has 0 bridgehead atoms. The van der Waals surface area contributed by atoms with E-state index in [9.17, 15) is 14.4 Å². The van der Waals surface area contributed by atoms with E-state index < -0.39 is 16.9 Å². The Bertz CT molecular complexity index is 795. The molecule has 19 heavy (non-hydrogen) atoms. The summed E-state index contributed by atoms with van der Waals surface area (Å²) in [4.78, 5) is 37.4. The molecule has 2 rings (SSSR count). The first-order valence-electron chi connectivity index (χ1n) is 5.91. The molecular weight excluding hydrogens is 248 g/mol. The maximum atomic E-state index is 12.1. The van der Waals surface area contributed by atoms with Crippen molar-refractivity contribution in [3.05, 3.63) is 55.5 Å². The Labute approximate surface area is 108 Å². The van der Waals surface area contributed by atoms with Gasteiger partial charge in [-0.25, -0.2) is 9.59 Å². The number of hydrogen-bond acceptors (Lipinski definition) is 4. The van der Waals surface area contributed by atoms with Gasteiger partial charge in [-0.3, -0.25) is 14.3 Å². The topological polar surface area (TPSA) is 85.1 Å². The van der Waals surface area contributed by atoms with E-state index >= 15 is 0 Å². The van der Waals surface area contributed by atoms with Crippen LogP contribution in [0.3, 0.4) is 0 Å². The number of nitrogens with zero attached hydrogens (tertiary/aromatic N) is 1. The molecule has 0 spiro atoms. The maximum Gasteiger partial charge on any atom is 0.337 e. The maximum absolute atomic E-state index is 12.1. The van der Waals surface area contributed by atoms with Crippen LogP contribution in [0, 0.1) is 0 Å². The molecule has 0 aromatic carbocycles. The summed E-state index contributed by atoms with van der Waals surface area (Å²) in [5.74, 6) is 0. The number of aromatic amines is 1. The molecule has 0 aliphatic carbocycles. The number of aryl methyl sites for hydroxylation is 1. The van der Waals surface area contributed by atoms with Gasteiger partial charge in [0, 0.05) is 13.1 Å². The summed E-state index contributed by atoms with van der Waals surface area (Å²) in [7, 11) is 1.37. The lowest BCUT2D eigenvalue weighted by Gasteiger charge is -2.05. The molecule has 0 radical (unpaired) electrons. The predicted octanol–water partition coefficient (Wildman–Crippen LogP) is 0.689. The number of hydrogen-bond donors (Lipinski definition) is 1. The molecule has 6 nitrogen and oxygen atoms in total. The van der Waals surface area contributed by atoms with Crippen molar-refractivity contribution in [1.29, 1.82) is 0 Å². The monoisotopic (exact) mass is 262 g/mol. The van der Waals surface area contributed by atoms with Crippen molar-refractivity contribution in [3.63, 3.8) is 0 Å². The van der Waals surface area contributed by atoms with E-state index in [4.69, 9.17) is 4.42 Å². The van der Waals surface area contributed by atoms with E-state index in [1.165, 1.54) is 13.1 Å². The highest BCUT2D eigenvalue weighted by atomic mass is 16.4. The van der Waals surface area contributed by atoms with Gasteiger partial charge in [0.15, 0.2) is 0 Å². The number of allylic oxidation sites excluding steroid dienone is 1. The van der Waals surface area contributed by atoms with E-state index in [0.717, 1.165) is 17.4 Å². The molecule has 0 unspecified atom stereocenters. The number of unbranched alkanes of at least 4 members (excludes halogenated alkanes) is 1. The SMILES string of the molecule is C=CCCCc1cc(=O)oc2[nH]c(=O)n(C)c(=O)c12. The van der Waals surface area contributed by atoms with Crippen LogP contribution in [0.15, 0.2) is 37.5 Å². The first kappa shape index (κ1) is 13.1. The highest BCUT2D eigenvalue weighted by molar-refractivity contribution is 5.75. The molecule has 0 aliphatic heterocycles. The van der Waals surface area contributed by atoms with Gasteiger partial charge in [-0.2, -0.15) is 0 Å². The summed E-state index contributed by atoms with van der Waals surface area (Å²) in [6.45, 7) is 3.62. The zero-order chi connectivity index (χ0) is 14.0. The van der Waals surface area contributed by atoms with Crippen molar-refractivity contribution in [2.75, 3.05) is 0 Å². The summed E-state index contributed by atoms with van der Waals surface area (Å²) in [5.41, 5.74) is -1.12. The van der Waals surface area contributed by atoms with Gasteiger partial charge in [-0.1, -0.05) is 6.08 Å². The molecule has 2 aromatic heterocycles.